The van der Waals surface area contributed by atoms with Crippen LogP contribution in [-0.2, 0) is 16.1 Å². The van der Waals surface area contributed by atoms with Gasteiger partial charge >= 0.3 is 0 Å². The van der Waals surface area contributed by atoms with Crippen molar-refractivity contribution in [3.63, 3.8) is 0 Å². The van der Waals surface area contributed by atoms with Crippen LogP contribution in [0.2, 0.25) is 0 Å². The zero-order chi connectivity index (χ0) is 16.4. The molecule has 0 N–H and O–H groups in total. The quantitative estimate of drug-likeness (QED) is 0.833. The first-order valence-corrected chi connectivity index (χ1v) is 9.49. The maximum Gasteiger partial charge on any atom is 0.128 e. The number of nitrogens with zero attached hydrogens (tertiary/aromatic N) is 3. The Morgan fingerprint density at radius 2 is 2.29 bits per heavy atom. The number of aromatic nitrogens is 2. The van der Waals surface area contributed by atoms with Gasteiger partial charge in [0.15, 0.2) is 0 Å². The molecule has 2 aromatic heterocycles. The number of hydrogen-bond donors (Lipinski definition) is 0. The summed E-state index contributed by atoms with van der Waals surface area (Å²) in [5, 5.41) is 3.15. The number of anilines is 1. The fourth-order valence-electron chi connectivity index (χ4n) is 3.70. The molecule has 4 rings (SSSR count). The van der Waals surface area contributed by atoms with E-state index in [1.165, 1.54) is 0 Å². The van der Waals surface area contributed by atoms with E-state index in [-0.39, 0.29) is 6.10 Å². The summed E-state index contributed by atoms with van der Waals surface area (Å²) in [4.78, 5) is 11.3. The number of ether oxygens (including phenoxy) is 2. The van der Waals surface area contributed by atoms with Crippen LogP contribution in [0.15, 0.2) is 29.8 Å². The molecule has 128 valence electrons. The zero-order valence-corrected chi connectivity index (χ0v) is 14.7. The van der Waals surface area contributed by atoms with Crippen LogP contribution in [0.4, 0.5) is 5.82 Å². The first-order chi connectivity index (χ1) is 11.8. The summed E-state index contributed by atoms with van der Waals surface area (Å²) in [5.41, 5.74) is 1.02. The van der Waals surface area contributed by atoms with Crippen LogP contribution < -0.4 is 4.90 Å². The van der Waals surface area contributed by atoms with Gasteiger partial charge in [-0.05, 0) is 38.3 Å². The van der Waals surface area contributed by atoms with E-state index in [1.807, 2.05) is 19.2 Å². The van der Waals surface area contributed by atoms with Crippen LogP contribution in [-0.4, -0.2) is 41.4 Å². The minimum Gasteiger partial charge on any atom is -0.372 e. The molecule has 2 fully saturated rings. The normalized spacial score (nSPS) is 26.5. The second-order valence-electron chi connectivity index (χ2n) is 6.48. The summed E-state index contributed by atoms with van der Waals surface area (Å²) in [7, 11) is 0. The predicted molar refractivity (Wildman–Crippen MR) is 94.4 cm³/mol. The number of hydrogen-bond acceptors (Lipinski definition) is 6. The summed E-state index contributed by atoms with van der Waals surface area (Å²) < 4.78 is 12.1. The predicted octanol–water partition coefficient (Wildman–Crippen LogP) is 3.19. The van der Waals surface area contributed by atoms with E-state index in [1.54, 1.807) is 11.3 Å². The molecular weight excluding hydrogens is 322 g/mol. The smallest absolute Gasteiger partial charge is 0.128 e. The van der Waals surface area contributed by atoms with Gasteiger partial charge in [-0.3, -0.25) is 0 Å². The van der Waals surface area contributed by atoms with Gasteiger partial charge in [0.1, 0.15) is 5.82 Å². The van der Waals surface area contributed by atoms with Gasteiger partial charge in [0.2, 0.25) is 0 Å². The largest absolute Gasteiger partial charge is 0.372 e. The van der Waals surface area contributed by atoms with Crippen molar-refractivity contribution >= 4 is 17.2 Å². The molecular formula is C18H23N3O2S. The Kier molecular flexibility index (Phi) is 4.78. The van der Waals surface area contributed by atoms with Crippen LogP contribution >= 0.6 is 11.3 Å². The standard InChI is InChI=1S/C18H23N3O2S/c1-13-20-14(12-24-13)10-22-11-15-5-6-16-17(23-15)7-9-21(16)18-4-2-3-8-19-18/h2-4,8,12,15-17H,5-7,9-11H2,1H3/t15-,16+,17+/m0/s1. The van der Waals surface area contributed by atoms with E-state index < -0.39 is 0 Å². The molecule has 0 amide bonds. The second-order valence-corrected chi connectivity index (χ2v) is 7.55. The topological polar surface area (TPSA) is 47.5 Å². The summed E-state index contributed by atoms with van der Waals surface area (Å²) in [6.45, 7) is 4.28. The summed E-state index contributed by atoms with van der Waals surface area (Å²) in [6.07, 6.45) is 5.63. The fourth-order valence-corrected chi connectivity index (χ4v) is 4.30. The van der Waals surface area contributed by atoms with Crippen LogP contribution in [0, 0.1) is 6.92 Å². The minimum absolute atomic E-state index is 0.203. The third-order valence-electron chi connectivity index (χ3n) is 4.80. The van der Waals surface area contributed by atoms with Crippen molar-refractivity contribution in [1.29, 1.82) is 0 Å². The van der Waals surface area contributed by atoms with Crippen molar-refractivity contribution in [3.8, 4) is 0 Å². The summed E-state index contributed by atoms with van der Waals surface area (Å²) >= 11 is 1.67. The maximum atomic E-state index is 6.29. The Hall–Kier alpha value is -1.50. The van der Waals surface area contributed by atoms with E-state index in [0.717, 1.165) is 42.3 Å². The van der Waals surface area contributed by atoms with E-state index in [2.05, 4.69) is 32.4 Å². The number of thiazole rings is 1. The molecule has 0 spiro atoms. The highest BCUT2D eigenvalue weighted by molar-refractivity contribution is 7.09. The van der Waals surface area contributed by atoms with Gasteiger partial charge in [0.05, 0.1) is 42.2 Å². The zero-order valence-electron chi connectivity index (χ0n) is 13.9. The van der Waals surface area contributed by atoms with Crippen molar-refractivity contribution in [1.82, 2.24) is 9.97 Å². The summed E-state index contributed by atoms with van der Waals surface area (Å²) in [5.74, 6) is 1.07. The molecule has 0 unspecified atom stereocenters. The van der Waals surface area contributed by atoms with Crippen LogP contribution in [0.3, 0.4) is 0 Å². The van der Waals surface area contributed by atoms with Crippen LogP contribution in [0.1, 0.15) is 30.0 Å². The number of rotatable bonds is 5. The van der Waals surface area contributed by atoms with E-state index >= 15 is 0 Å². The number of pyridine rings is 1. The van der Waals surface area contributed by atoms with Crippen molar-refractivity contribution < 1.29 is 9.47 Å². The van der Waals surface area contributed by atoms with Gasteiger partial charge in [-0.2, -0.15) is 0 Å². The molecule has 2 aliphatic rings. The molecule has 0 aromatic carbocycles. The third-order valence-corrected chi connectivity index (χ3v) is 5.62. The monoisotopic (exact) mass is 345 g/mol. The molecule has 4 heterocycles. The molecule has 24 heavy (non-hydrogen) atoms. The lowest BCUT2D eigenvalue weighted by Crippen LogP contribution is -2.44. The lowest BCUT2D eigenvalue weighted by molar-refractivity contribution is -0.0891. The van der Waals surface area contributed by atoms with E-state index in [4.69, 9.17) is 9.47 Å². The van der Waals surface area contributed by atoms with Gasteiger partial charge in [0, 0.05) is 18.1 Å². The first-order valence-electron chi connectivity index (χ1n) is 8.61. The molecule has 0 saturated carbocycles. The summed E-state index contributed by atoms with van der Waals surface area (Å²) in [6, 6.07) is 6.56. The molecule has 2 aromatic rings. The van der Waals surface area contributed by atoms with Gasteiger partial charge in [-0.15, -0.1) is 11.3 Å². The second kappa shape index (κ2) is 7.17. The van der Waals surface area contributed by atoms with E-state index in [0.29, 0.717) is 25.4 Å². The molecule has 5 nitrogen and oxygen atoms in total. The van der Waals surface area contributed by atoms with Crippen molar-refractivity contribution in [2.75, 3.05) is 18.1 Å². The molecule has 6 heteroatoms. The first kappa shape index (κ1) is 16.0. The van der Waals surface area contributed by atoms with Gasteiger partial charge in [0.25, 0.3) is 0 Å². The highest BCUT2D eigenvalue weighted by Crippen LogP contribution is 2.34. The van der Waals surface area contributed by atoms with E-state index in [9.17, 15) is 0 Å². The lowest BCUT2D eigenvalue weighted by atomic mass is 9.99. The average Bonchev–Trinajstić information content (AvgIpc) is 3.21. The van der Waals surface area contributed by atoms with Crippen molar-refractivity contribution in [3.05, 3.63) is 40.5 Å². The Morgan fingerprint density at radius 1 is 1.33 bits per heavy atom. The molecule has 0 aliphatic carbocycles. The van der Waals surface area contributed by atoms with Gasteiger partial charge < -0.3 is 14.4 Å². The van der Waals surface area contributed by atoms with Crippen molar-refractivity contribution in [2.45, 2.75) is 51.0 Å². The molecule has 0 radical (unpaired) electrons. The average molecular weight is 345 g/mol. The third kappa shape index (κ3) is 3.45. The number of fused-ring (bicyclic) bond motifs is 1. The Bertz CT molecular complexity index is 663. The fraction of sp³-hybridized carbons (Fsp3) is 0.556. The molecule has 0 bridgehead atoms. The highest BCUT2D eigenvalue weighted by atomic mass is 32.1. The lowest BCUT2D eigenvalue weighted by Gasteiger charge is -2.36. The molecule has 2 saturated heterocycles. The highest BCUT2D eigenvalue weighted by Gasteiger charge is 2.40. The minimum atomic E-state index is 0.203. The number of aryl methyl sites for hydroxylation is 1. The van der Waals surface area contributed by atoms with Crippen molar-refractivity contribution in [2.24, 2.45) is 0 Å². The maximum absolute atomic E-state index is 6.29. The Balaban J connectivity index is 1.28. The van der Waals surface area contributed by atoms with Crippen LogP contribution in [0.5, 0.6) is 0 Å². The molecule has 2 aliphatic heterocycles. The van der Waals surface area contributed by atoms with Gasteiger partial charge in [-0.25, -0.2) is 9.97 Å². The van der Waals surface area contributed by atoms with Gasteiger partial charge in [-0.1, -0.05) is 6.07 Å². The Morgan fingerprint density at radius 3 is 3.08 bits per heavy atom. The van der Waals surface area contributed by atoms with Crippen LogP contribution in [0.25, 0.3) is 0 Å². The SMILES string of the molecule is Cc1nc(COC[C@@H]2CC[C@@H]3[C@@H](CCN3c3ccccn3)O2)cs1. The molecule has 3 atom stereocenters. The Labute approximate surface area is 146 Å².